The van der Waals surface area contributed by atoms with Gasteiger partial charge in [-0.3, -0.25) is 0 Å². The summed E-state index contributed by atoms with van der Waals surface area (Å²) >= 11 is 13.0. The van der Waals surface area contributed by atoms with Crippen LogP contribution in [0.3, 0.4) is 0 Å². The lowest BCUT2D eigenvalue weighted by molar-refractivity contribution is 0.620. The first-order chi connectivity index (χ1) is 8.61. The Morgan fingerprint density at radius 2 is 1.89 bits per heavy atom. The van der Waals surface area contributed by atoms with Crippen LogP contribution in [-0.4, -0.2) is 0 Å². The summed E-state index contributed by atoms with van der Waals surface area (Å²) in [5, 5.41) is 9.81. The fourth-order valence-electron chi connectivity index (χ4n) is 1.37. The Bertz CT molecular complexity index is 637. The van der Waals surface area contributed by atoms with E-state index in [1.54, 1.807) is 30.3 Å². The van der Waals surface area contributed by atoms with Crippen LogP contribution in [0.4, 0.5) is 4.39 Å². The molecular weight excluding hydrogens is 292 g/mol. The second-order valence-electron chi connectivity index (χ2n) is 3.40. The van der Waals surface area contributed by atoms with Gasteiger partial charge in [0.2, 0.25) is 0 Å². The van der Waals surface area contributed by atoms with E-state index in [4.69, 9.17) is 28.5 Å². The summed E-state index contributed by atoms with van der Waals surface area (Å²) in [6, 6.07) is 11.5. The van der Waals surface area contributed by atoms with Gasteiger partial charge in [-0.15, -0.1) is 0 Å². The third-order valence-corrected chi connectivity index (χ3v) is 3.99. The number of hydrogen-bond acceptors (Lipinski definition) is 2. The minimum atomic E-state index is -0.525. The van der Waals surface area contributed by atoms with Gasteiger partial charge in [-0.2, -0.15) is 5.26 Å². The Balaban J connectivity index is 2.37. The van der Waals surface area contributed by atoms with E-state index in [-0.39, 0.29) is 5.56 Å². The summed E-state index contributed by atoms with van der Waals surface area (Å²) in [7, 11) is 0. The molecule has 1 nitrogen and oxygen atoms in total. The molecule has 0 aliphatic heterocycles. The van der Waals surface area contributed by atoms with E-state index >= 15 is 0 Å². The van der Waals surface area contributed by atoms with Crippen molar-refractivity contribution in [2.45, 2.75) is 9.79 Å². The van der Waals surface area contributed by atoms with Crippen LogP contribution in [0.25, 0.3) is 0 Å². The number of nitrogens with zero attached hydrogens (tertiary/aromatic N) is 1. The zero-order valence-corrected chi connectivity index (χ0v) is 11.3. The van der Waals surface area contributed by atoms with Crippen LogP contribution in [0, 0.1) is 17.1 Å². The topological polar surface area (TPSA) is 23.8 Å². The summed E-state index contributed by atoms with van der Waals surface area (Å²) in [5.41, 5.74) is 0.0357. The molecule has 0 spiro atoms. The van der Waals surface area contributed by atoms with Gasteiger partial charge in [0.1, 0.15) is 17.4 Å². The van der Waals surface area contributed by atoms with Crippen LogP contribution in [0.1, 0.15) is 5.56 Å². The third kappa shape index (κ3) is 2.78. The maximum atomic E-state index is 13.4. The van der Waals surface area contributed by atoms with Crippen molar-refractivity contribution < 1.29 is 4.39 Å². The quantitative estimate of drug-likeness (QED) is 0.765. The van der Waals surface area contributed by atoms with E-state index in [0.29, 0.717) is 14.9 Å². The monoisotopic (exact) mass is 297 g/mol. The van der Waals surface area contributed by atoms with E-state index in [0.717, 1.165) is 4.90 Å². The Labute approximate surface area is 118 Å². The molecule has 5 heteroatoms. The molecule has 0 bridgehead atoms. The van der Waals surface area contributed by atoms with Crippen LogP contribution in [0.5, 0.6) is 0 Å². The number of rotatable bonds is 2. The van der Waals surface area contributed by atoms with Gasteiger partial charge in [0.25, 0.3) is 0 Å². The molecule has 0 atom stereocenters. The van der Waals surface area contributed by atoms with E-state index in [1.807, 2.05) is 6.07 Å². The molecular formula is C13H6Cl2FNS. The molecule has 0 aromatic heterocycles. The first-order valence-electron chi connectivity index (χ1n) is 4.93. The zero-order valence-electron chi connectivity index (χ0n) is 8.95. The Morgan fingerprint density at radius 3 is 2.56 bits per heavy atom. The Morgan fingerprint density at radius 1 is 1.11 bits per heavy atom. The van der Waals surface area contributed by atoms with Gasteiger partial charge in [-0.1, -0.05) is 41.0 Å². The lowest BCUT2D eigenvalue weighted by Gasteiger charge is -2.05. The zero-order chi connectivity index (χ0) is 13.1. The molecule has 0 heterocycles. The Kier molecular flexibility index (Phi) is 4.13. The molecule has 18 heavy (non-hydrogen) atoms. The highest BCUT2D eigenvalue weighted by atomic mass is 35.5. The molecule has 0 unspecified atom stereocenters. The van der Waals surface area contributed by atoms with E-state index in [9.17, 15) is 4.39 Å². The highest BCUT2D eigenvalue weighted by molar-refractivity contribution is 7.99. The van der Waals surface area contributed by atoms with Crippen molar-refractivity contribution >= 4 is 35.0 Å². The van der Waals surface area contributed by atoms with Gasteiger partial charge in [0.15, 0.2) is 0 Å². The summed E-state index contributed by atoms with van der Waals surface area (Å²) < 4.78 is 13.4. The second-order valence-corrected chi connectivity index (χ2v) is 5.33. The lowest BCUT2D eigenvalue weighted by atomic mass is 10.2. The summed E-state index contributed by atoms with van der Waals surface area (Å²) in [4.78, 5) is 1.35. The minimum Gasteiger partial charge on any atom is -0.206 e. The molecule has 90 valence electrons. The molecule has 2 aromatic rings. The van der Waals surface area contributed by atoms with Crippen LogP contribution < -0.4 is 0 Å². The first-order valence-corrected chi connectivity index (χ1v) is 6.50. The summed E-state index contributed by atoms with van der Waals surface area (Å²) in [6.07, 6.45) is 0. The van der Waals surface area contributed by atoms with Gasteiger partial charge < -0.3 is 0 Å². The fourth-order valence-corrected chi connectivity index (χ4v) is 2.69. The van der Waals surface area contributed by atoms with Gasteiger partial charge in [-0.25, -0.2) is 4.39 Å². The van der Waals surface area contributed by atoms with E-state index < -0.39 is 5.82 Å². The van der Waals surface area contributed by atoms with Crippen LogP contribution >= 0.6 is 35.0 Å². The predicted octanol–water partition coefficient (Wildman–Crippen LogP) is 5.16. The number of nitriles is 1. The first kappa shape index (κ1) is 13.2. The maximum Gasteiger partial charge on any atom is 0.142 e. The van der Waals surface area contributed by atoms with Gasteiger partial charge in [0.05, 0.1) is 10.0 Å². The van der Waals surface area contributed by atoms with Crippen molar-refractivity contribution in [3.05, 3.63) is 57.8 Å². The minimum absolute atomic E-state index is 0.0357. The van der Waals surface area contributed by atoms with Crippen LogP contribution in [-0.2, 0) is 0 Å². The van der Waals surface area contributed by atoms with Gasteiger partial charge >= 0.3 is 0 Å². The summed E-state index contributed by atoms with van der Waals surface area (Å²) in [5.74, 6) is -0.525. The molecule has 2 aromatic carbocycles. The van der Waals surface area contributed by atoms with Crippen molar-refractivity contribution in [3.63, 3.8) is 0 Å². The largest absolute Gasteiger partial charge is 0.206 e. The SMILES string of the molecule is N#Cc1c(F)cccc1Sc1ccc(Cl)c(Cl)c1. The number of hydrogen-bond donors (Lipinski definition) is 0. The lowest BCUT2D eigenvalue weighted by Crippen LogP contribution is -1.87. The van der Waals surface area contributed by atoms with Gasteiger partial charge in [0, 0.05) is 9.79 Å². The second kappa shape index (κ2) is 5.62. The van der Waals surface area contributed by atoms with Crippen molar-refractivity contribution in [1.82, 2.24) is 0 Å². The molecule has 0 amide bonds. The maximum absolute atomic E-state index is 13.4. The van der Waals surface area contributed by atoms with Crippen molar-refractivity contribution in [2.24, 2.45) is 0 Å². The average molecular weight is 298 g/mol. The van der Waals surface area contributed by atoms with Crippen LogP contribution in [0.2, 0.25) is 10.0 Å². The molecule has 0 saturated heterocycles. The number of benzene rings is 2. The third-order valence-electron chi connectivity index (χ3n) is 2.21. The highest BCUT2D eigenvalue weighted by Gasteiger charge is 2.09. The molecule has 0 fully saturated rings. The van der Waals surface area contributed by atoms with E-state index in [1.165, 1.54) is 17.8 Å². The molecule has 0 aliphatic carbocycles. The molecule has 0 N–H and O–H groups in total. The smallest absolute Gasteiger partial charge is 0.142 e. The van der Waals surface area contributed by atoms with Crippen LogP contribution in [0.15, 0.2) is 46.2 Å². The molecule has 0 aliphatic rings. The summed E-state index contributed by atoms with van der Waals surface area (Å²) in [6.45, 7) is 0. The van der Waals surface area contributed by atoms with Crippen molar-refractivity contribution in [2.75, 3.05) is 0 Å². The van der Waals surface area contributed by atoms with Gasteiger partial charge in [-0.05, 0) is 30.3 Å². The fraction of sp³-hybridized carbons (Fsp3) is 0. The highest BCUT2D eigenvalue weighted by Crippen LogP contribution is 2.34. The molecule has 0 radical (unpaired) electrons. The molecule has 0 saturated carbocycles. The standard InChI is InChI=1S/C13H6Cl2FNS/c14-10-5-4-8(6-11(10)15)18-13-3-1-2-12(16)9(13)7-17/h1-6H. The normalized spacial score (nSPS) is 10.1. The average Bonchev–Trinajstić information content (AvgIpc) is 2.34. The molecule has 2 rings (SSSR count). The van der Waals surface area contributed by atoms with E-state index in [2.05, 4.69) is 0 Å². The van der Waals surface area contributed by atoms with Crippen molar-refractivity contribution in [1.29, 1.82) is 5.26 Å². The van der Waals surface area contributed by atoms with Crippen molar-refractivity contribution in [3.8, 4) is 6.07 Å². The Hall–Kier alpha value is -1.21. The number of halogens is 3. The predicted molar refractivity (Wildman–Crippen MR) is 71.7 cm³/mol.